The van der Waals surface area contributed by atoms with Gasteiger partial charge in [-0.1, -0.05) is 0 Å². The molecular formula is C30H27NP2. The van der Waals surface area contributed by atoms with Crippen molar-refractivity contribution in [2.45, 2.75) is 0 Å². The molecule has 5 aromatic carbocycles. The Labute approximate surface area is 197 Å². The van der Waals surface area contributed by atoms with Gasteiger partial charge in [0.25, 0.3) is 0 Å². The Morgan fingerprint density at radius 2 is 0.606 bits per heavy atom. The zero-order chi connectivity index (χ0) is 22.6. The van der Waals surface area contributed by atoms with Crippen LogP contribution in [0, 0.1) is 0 Å². The normalized spacial score (nSPS) is 12.7. The summed E-state index contributed by atoms with van der Waals surface area (Å²) in [5.41, 5.74) is 8.25. The van der Waals surface area contributed by atoms with Gasteiger partial charge < -0.3 is 0 Å². The molecule has 2 N–H and O–H groups in total. The molecule has 162 valence electrons. The van der Waals surface area contributed by atoms with Gasteiger partial charge in [-0.2, -0.15) is 0 Å². The number of hydrogen-bond acceptors (Lipinski definition) is 1. The monoisotopic (exact) mass is 463 g/mol. The van der Waals surface area contributed by atoms with Crippen molar-refractivity contribution in [3.63, 3.8) is 0 Å². The second-order valence-corrected chi connectivity index (χ2v) is 17.3. The van der Waals surface area contributed by atoms with Gasteiger partial charge in [0.15, 0.2) is 0 Å². The average molecular weight is 464 g/mol. The van der Waals surface area contributed by atoms with E-state index in [1.54, 1.807) is 0 Å². The van der Waals surface area contributed by atoms with Crippen LogP contribution in [0.1, 0.15) is 0 Å². The second kappa shape index (κ2) is 9.05. The Bertz CT molecular complexity index is 1170. The Hall–Kier alpha value is -3.08. The summed E-state index contributed by atoms with van der Waals surface area (Å²) in [5.74, 6) is 0. The molecule has 0 heterocycles. The topological polar surface area (TPSA) is 26.0 Å². The van der Waals surface area contributed by atoms with Crippen LogP contribution in [0.5, 0.6) is 0 Å². The van der Waals surface area contributed by atoms with Gasteiger partial charge in [0.05, 0.1) is 0 Å². The standard InChI is InChI=1S/C30H27NP2/c31-33(28-20-10-3-11-21-28,29-22-12-4-13-23-29,30-24-14-5-15-25-30)32(26-16-6-1-7-17-26)27-18-8-2-9-19-27/h1-25H,31H2. The van der Waals surface area contributed by atoms with Crippen LogP contribution in [0.3, 0.4) is 0 Å². The van der Waals surface area contributed by atoms with Gasteiger partial charge in [0.1, 0.15) is 0 Å². The van der Waals surface area contributed by atoms with Crippen molar-refractivity contribution < 1.29 is 0 Å². The zero-order valence-corrected chi connectivity index (χ0v) is 20.2. The number of hydrogen-bond donors (Lipinski definition) is 1. The first-order valence-electron chi connectivity index (χ1n) is 11.1. The molecule has 0 unspecified atom stereocenters. The average Bonchev–Trinajstić information content (AvgIpc) is 2.91. The molecule has 0 aliphatic heterocycles. The summed E-state index contributed by atoms with van der Waals surface area (Å²) < 4.78 is 0. The fourth-order valence-corrected chi connectivity index (χ4v) is 17.8. The first-order chi connectivity index (χ1) is 16.2. The van der Waals surface area contributed by atoms with E-state index < -0.39 is 14.1 Å². The predicted octanol–water partition coefficient (Wildman–Crippen LogP) is 5.44. The molecule has 0 spiro atoms. The molecule has 5 aromatic rings. The van der Waals surface area contributed by atoms with Gasteiger partial charge in [-0.25, -0.2) is 0 Å². The van der Waals surface area contributed by atoms with Crippen molar-refractivity contribution in [2.24, 2.45) is 5.50 Å². The molecule has 0 fully saturated rings. The Morgan fingerprint density at radius 3 is 0.879 bits per heavy atom. The molecule has 33 heavy (non-hydrogen) atoms. The molecule has 3 heteroatoms. The Balaban J connectivity index is 2.01. The van der Waals surface area contributed by atoms with Crippen molar-refractivity contribution in [1.82, 2.24) is 0 Å². The first kappa shape index (κ1) is 21.7. The molecular weight excluding hydrogens is 436 g/mol. The van der Waals surface area contributed by atoms with Crippen molar-refractivity contribution in [2.75, 3.05) is 0 Å². The fraction of sp³-hybridized carbons (Fsp3) is 0. The fourth-order valence-electron chi connectivity index (χ4n) is 4.75. The maximum absolute atomic E-state index is 8.25. The maximum atomic E-state index is 8.25. The van der Waals surface area contributed by atoms with Crippen LogP contribution in [0.4, 0.5) is 0 Å². The van der Waals surface area contributed by atoms with E-state index in [1.165, 1.54) is 26.5 Å². The molecule has 0 bridgehead atoms. The minimum atomic E-state index is -3.50. The third kappa shape index (κ3) is 3.54. The Morgan fingerprint density at radius 1 is 0.364 bits per heavy atom. The molecule has 5 rings (SSSR count). The summed E-state index contributed by atoms with van der Waals surface area (Å²) >= 11 is 0. The summed E-state index contributed by atoms with van der Waals surface area (Å²) in [4.78, 5) is 0. The van der Waals surface area contributed by atoms with Crippen LogP contribution in [0.15, 0.2) is 152 Å². The van der Waals surface area contributed by atoms with Gasteiger partial charge >= 0.3 is 198 Å². The molecule has 0 aromatic heterocycles. The summed E-state index contributed by atoms with van der Waals surface area (Å²) in [5, 5.41) is 6.20. The van der Waals surface area contributed by atoms with Crippen LogP contribution in [0.25, 0.3) is 0 Å². The summed E-state index contributed by atoms with van der Waals surface area (Å²) in [7, 11) is -1.00. The van der Waals surface area contributed by atoms with Crippen LogP contribution in [0.2, 0.25) is 0 Å². The van der Waals surface area contributed by atoms with Crippen LogP contribution in [-0.2, 0) is 0 Å². The van der Waals surface area contributed by atoms with Gasteiger partial charge in [-0.05, 0) is 0 Å². The van der Waals surface area contributed by atoms with Crippen LogP contribution < -0.4 is 32.0 Å². The van der Waals surface area contributed by atoms with Crippen LogP contribution in [-0.4, -0.2) is 0 Å². The van der Waals surface area contributed by atoms with E-state index in [2.05, 4.69) is 152 Å². The van der Waals surface area contributed by atoms with Crippen molar-refractivity contribution in [1.29, 1.82) is 0 Å². The van der Waals surface area contributed by atoms with Crippen LogP contribution >= 0.6 is 14.1 Å². The molecule has 1 nitrogen and oxygen atoms in total. The molecule has 0 amide bonds. The third-order valence-corrected chi connectivity index (χ3v) is 18.6. The first-order valence-corrected chi connectivity index (χ1v) is 15.5. The zero-order valence-electron chi connectivity index (χ0n) is 18.4. The quantitative estimate of drug-likeness (QED) is 0.334. The van der Waals surface area contributed by atoms with Gasteiger partial charge in [-0.3, -0.25) is 0 Å². The van der Waals surface area contributed by atoms with Crippen molar-refractivity contribution >= 4 is 40.6 Å². The summed E-state index contributed by atoms with van der Waals surface area (Å²) in [6.07, 6.45) is -3.50. The van der Waals surface area contributed by atoms with Gasteiger partial charge in [-0.15, -0.1) is 0 Å². The van der Waals surface area contributed by atoms with E-state index in [1.807, 2.05) is 0 Å². The second-order valence-electron chi connectivity index (χ2n) is 8.13. The predicted molar refractivity (Wildman–Crippen MR) is 148 cm³/mol. The summed E-state index contributed by atoms with van der Waals surface area (Å²) in [6, 6.07) is 54.1. The number of nitrogens with two attached hydrogens (primary N) is 1. The third-order valence-electron chi connectivity index (χ3n) is 6.25. The van der Waals surface area contributed by atoms with E-state index in [0.717, 1.165) is 0 Å². The van der Waals surface area contributed by atoms with E-state index in [9.17, 15) is 0 Å². The molecule has 0 aliphatic rings. The van der Waals surface area contributed by atoms with Gasteiger partial charge in [0, 0.05) is 0 Å². The van der Waals surface area contributed by atoms with E-state index in [4.69, 9.17) is 5.50 Å². The molecule has 0 saturated heterocycles. The molecule has 0 atom stereocenters. The molecule has 0 radical (unpaired) electrons. The Kier molecular flexibility index (Phi) is 5.96. The van der Waals surface area contributed by atoms with E-state index in [0.29, 0.717) is 0 Å². The SMILES string of the molecule is NP(c1ccccc1)(c1ccccc1)(c1ccccc1)P(c1ccccc1)c1ccccc1. The van der Waals surface area contributed by atoms with E-state index >= 15 is 0 Å². The van der Waals surface area contributed by atoms with E-state index in [-0.39, 0.29) is 0 Å². The van der Waals surface area contributed by atoms with Crippen molar-refractivity contribution in [3.05, 3.63) is 152 Å². The minimum absolute atomic E-state index is 1.00. The molecule has 0 saturated carbocycles. The van der Waals surface area contributed by atoms with Crippen molar-refractivity contribution in [3.8, 4) is 0 Å². The number of benzene rings is 5. The number of rotatable bonds is 6. The summed E-state index contributed by atoms with van der Waals surface area (Å²) in [6.45, 7) is 0. The van der Waals surface area contributed by atoms with Gasteiger partial charge in [0.2, 0.25) is 0 Å². The molecule has 0 aliphatic carbocycles.